The highest BCUT2D eigenvalue weighted by molar-refractivity contribution is 6.13. The minimum atomic E-state index is -0.791. The van der Waals surface area contributed by atoms with Gasteiger partial charge in [-0.1, -0.05) is 10.1 Å². The number of aliphatic hydroxyl groups is 4. The fraction of sp³-hybridized carbons (Fsp3) is 0.714. The van der Waals surface area contributed by atoms with Crippen LogP contribution in [0.5, 0.6) is 0 Å². The summed E-state index contributed by atoms with van der Waals surface area (Å²) in [5.41, 5.74) is -0.242. The lowest BCUT2D eigenvalue weighted by Crippen LogP contribution is -2.33. The van der Waals surface area contributed by atoms with Crippen molar-refractivity contribution in [1.29, 1.82) is 0 Å². The van der Waals surface area contributed by atoms with E-state index in [-0.39, 0.29) is 203 Å². The molecule has 8 N–H and O–H groups in total. The maximum Gasteiger partial charge on any atom is 0.333 e. The maximum atomic E-state index is 12.1. The Hall–Kier alpha value is -8.52. The molecule has 0 saturated carbocycles. The summed E-state index contributed by atoms with van der Waals surface area (Å²) < 4.78 is 22.9. The summed E-state index contributed by atoms with van der Waals surface area (Å²) in [7, 11) is 0. The minimum absolute atomic E-state index is 0.0124. The Labute approximate surface area is 615 Å². The van der Waals surface area contributed by atoms with Crippen molar-refractivity contribution < 1.29 is 135 Å². The third-order valence-electron chi connectivity index (χ3n) is 17.2. The molecule has 0 aliphatic carbocycles. The van der Waals surface area contributed by atoms with Gasteiger partial charge in [-0.15, -0.1) is 10.1 Å². The van der Waals surface area contributed by atoms with Crippen LogP contribution >= 0.6 is 0 Å². The number of aliphatic hydroxyl groups excluding tert-OH is 4. The number of amides is 12. The molecule has 0 aromatic carbocycles. The van der Waals surface area contributed by atoms with Gasteiger partial charge in [-0.3, -0.25) is 57.5 Å². The normalized spacial score (nSPS) is 14.3. The van der Waals surface area contributed by atoms with Gasteiger partial charge in [-0.2, -0.15) is 0 Å². The Morgan fingerprint density at radius 2 is 0.500 bits per heavy atom. The van der Waals surface area contributed by atoms with E-state index in [2.05, 4.69) is 21.3 Å². The van der Waals surface area contributed by atoms with Gasteiger partial charge >= 0.3 is 23.9 Å². The molecule has 4 aliphatic rings. The highest BCUT2D eigenvalue weighted by atomic mass is 16.7. The van der Waals surface area contributed by atoms with Crippen LogP contribution in [-0.4, -0.2) is 241 Å². The van der Waals surface area contributed by atoms with E-state index in [1.807, 2.05) is 0 Å². The van der Waals surface area contributed by atoms with Gasteiger partial charge in [0.2, 0.25) is 23.6 Å². The second kappa shape index (κ2) is 54.1. The van der Waals surface area contributed by atoms with Crippen LogP contribution in [0.25, 0.3) is 0 Å². The molecule has 4 heterocycles. The van der Waals surface area contributed by atoms with Gasteiger partial charge in [0, 0.05) is 180 Å². The molecule has 2 saturated heterocycles. The second-order valence-electron chi connectivity index (χ2n) is 25.6. The van der Waals surface area contributed by atoms with Crippen LogP contribution < -0.4 is 21.3 Å². The van der Waals surface area contributed by atoms with Crippen molar-refractivity contribution in [1.82, 2.24) is 41.5 Å². The molecule has 0 unspecified atom stereocenters. The van der Waals surface area contributed by atoms with E-state index in [0.29, 0.717) is 85.6 Å². The summed E-state index contributed by atoms with van der Waals surface area (Å²) in [5, 5.41) is 50.7. The average molecular weight is 1510 g/mol. The number of nitrogens with one attached hydrogen (secondary N) is 4. The van der Waals surface area contributed by atoms with Crippen molar-refractivity contribution in [2.24, 2.45) is 10.8 Å². The molecule has 0 spiro atoms. The molecular weight excluding hydrogens is 1400 g/mol. The molecule has 0 radical (unpaired) electrons. The van der Waals surface area contributed by atoms with Gasteiger partial charge in [-0.25, -0.2) is 19.2 Å². The Morgan fingerprint density at radius 3 is 0.717 bits per heavy atom. The number of ether oxygens (including phenoxy) is 4. The first-order valence-electron chi connectivity index (χ1n) is 36.5. The maximum absolute atomic E-state index is 12.1. The second-order valence-corrected chi connectivity index (χ2v) is 25.6. The largest absolute Gasteiger partial charge is 0.396 e. The SMILES string of the molecule is O=C(CCCC(=O)ON1C(=O)C=CC1=O)NCCOCCCC(CCCO)(CCCO)CCCOCCNC(=O)CCCC(=O)ON1C(=O)C=CC1=O.O=C(CCCC(=O)ON1C(=O)CCC1=O)NCCOCCCC(CCCO)(CCCO)CCCOCCNC(=O)CCCC(=O)ON1C(=O)CCC1=O. The molecule has 596 valence electrons. The van der Waals surface area contributed by atoms with E-state index < -0.39 is 71.1 Å². The lowest BCUT2D eigenvalue weighted by Gasteiger charge is -2.34. The summed E-state index contributed by atoms with van der Waals surface area (Å²) in [5.74, 6) is -9.35. The quantitative estimate of drug-likeness (QED) is 0.0315. The standard InChI is InChI=1S/C35H56N4O14.C35H52N4O14/c2*40-21-3-15-35(16-4-22-41,17-5-23-50-25-19-36-27(42)7-1-9-33(48)52-38-29(44)11-12-30(38)45)18-6-24-51-26-20-37-28(43)8-2-10-34(49)53-39-31(46)13-14-32(39)47/h40-41H,1-26H2,(H,36,42)(H,37,43);11-14,40-41H,1-10,15-26H2,(H,36,42)(H,37,43). The number of nitrogens with zero attached hydrogens (tertiary/aromatic N) is 4. The van der Waals surface area contributed by atoms with Gasteiger partial charge in [-0.05, 0) is 139 Å². The molecule has 12 amide bonds. The van der Waals surface area contributed by atoms with E-state index in [4.69, 9.17) is 38.3 Å². The number of hydroxylamine groups is 8. The summed E-state index contributed by atoms with van der Waals surface area (Å²) in [6.07, 6.45) is 16.4. The Kier molecular flexibility index (Phi) is 46.8. The first-order valence-corrected chi connectivity index (χ1v) is 36.5. The van der Waals surface area contributed by atoms with Gasteiger partial charge in [0.15, 0.2) is 0 Å². The summed E-state index contributed by atoms with van der Waals surface area (Å²) >= 11 is 0. The van der Waals surface area contributed by atoms with E-state index in [0.717, 1.165) is 101 Å². The zero-order valence-corrected chi connectivity index (χ0v) is 60.6. The Balaban J connectivity index is 0.000000550. The molecule has 4 rings (SSSR count). The van der Waals surface area contributed by atoms with Crippen molar-refractivity contribution >= 4 is 94.8 Å². The molecule has 36 nitrogen and oxygen atoms in total. The van der Waals surface area contributed by atoms with E-state index in [1.165, 1.54) is 0 Å². The lowest BCUT2D eigenvalue weighted by atomic mass is 9.72. The monoisotopic (exact) mass is 1510 g/mol. The highest BCUT2D eigenvalue weighted by Gasteiger charge is 2.36. The van der Waals surface area contributed by atoms with Crippen molar-refractivity contribution in [3.63, 3.8) is 0 Å². The lowest BCUT2D eigenvalue weighted by molar-refractivity contribution is -0.197. The fourth-order valence-corrected chi connectivity index (χ4v) is 11.8. The molecule has 36 heteroatoms. The molecule has 4 aliphatic heterocycles. The number of rotatable bonds is 60. The topological polar surface area (TPSA) is 489 Å². The van der Waals surface area contributed by atoms with Crippen molar-refractivity contribution in [3.8, 4) is 0 Å². The minimum Gasteiger partial charge on any atom is -0.396 e. The Morgan fingerprint density at radius 1 is 0.292 bits per heavy atom. The number of imide groups is 4. The summed E-state index contributed by atoms with van der Waals surface area (Å²) in [6, 6.07) is 0. The van der Waals surface area contributed by atoms with Gasteiger partial charge in [0.1, 0.15) is 0 Å². The zero-order chi connectivity index (χ0) is 77.8. The number of hydrogen-bond acceptors (Lipinski definition) is 28. The van der Waals surface area contributed by atoms with Crippen LogP contribution in [-0.2, 0) is 115 Å². The molecule has 0 bridgehead atoms. The third-order valence-corrected chi connectivity index (χ3v) is 17.2. The summed E-state index contributed by atoms with van der Waals surface area (Å²) in [6.45, 7) is 4.39. The predicted octanol–water partition coefficient (Wildman–Crippen LogP) is 1.35. The van der Waals surface area contributed by atoms with Gasteiger partial charge < -0.3 is 80.0 Å². The Bertz CT molecular complexity index is 2550. The van der Waals surface area contributed by atoms with Crippen LogP contribution in [0.2, 0.25) is 0 Å². The van der Waals surface area contributed by atoms with Crippen molar-refractivity contribution in [2.75, 3.05) is 105 Å². The molecule has 0 atom stereocenters. The van der Waals surface area contributed by atoms with Crippen molar-refractivity contribution in [3.05, 3.63) is 24.3 Å². The van der Waals surface area contributed by atoms with Crippen LogP contribution in [0, 0.1) is 10.8 Å². The molecule has 106 heavy (non-hydrogen) atoms. The van der Waals surface area contributed by atoms with Gasteiger partial charge in [0.25, 0.3) is 47.3 Å². The smallest absolute Gasteiger partial charge is 0.333 e. The van der Waals surface area contributed by atoms with E-state index >= 15 is 0 Å². The van der Waals surface area contributed by atoms with Crippen molar-refractivity contribution in [2.45, 2.75) is 205 Å². The predicted molar refractivity (Wildman–Crippen MR) is 366 cm³/mol. The van der Waals surface area contributed by atoms with Crippen LogP contribution in [0.15, 0.2) is 24.3 Å². The van der Waals surface area contributed by atoms with Gasteiger partial charge in [0.05, 0.1) is 26.4 Å². The number of hydrogen-bond donors (Lipinski definition) is 8. The molecule has 0 aromatic rings. The molecule has 0 aromatic heterocycles. The van der Waals surface area contributed by atoms with Crippen LogP contribution in [0.3, 0.4) is 0 Å². The number of carbonyl (C=O) groups excluding carboxylic acids is 16. The first-order chi connectivity index (χ1) is 51.0. The van der Waals surface area contributed by atoms with Crippen LogP contribution in [0.4, 0.5) is 0 Å². The highest BCUT2D eigenvalue weighted by Crippen LogP contribution is 2.41. The number of carbonyl (C=O) groups is 16. The third kappa shape index (κ3) is 39.2. The average Bonchev–Trinajstić information content (AvgIpc) is 1.28. The first kappa shape index (κ1) is 91.7. The van der Waals surface area contributed by atoms with E-state index in [9.17, 15) is 97.1 Å². The zero-order valence-electron chi connectivity index (χ0n) is 60.6. The molecular formula is C70H108N8O28. The fourth-order valence-electron chi connectivity index (χ4n) is 11.8. The van der Waals surface area contributed by atoms with Crippen LogP contribution in [0.1, 0.15) is 205 Å². The summed E-state index contributed by atoms with van der Waals surface area (Å²) in [4.78, 5) is 206. The van der Waals surface area contributed by atoms with E-state index in [1.54, 1.807) is 0 Å². The molecule has 2 fully saturated rings.